The van der Waals surface area contributed by atoms with Gasteiger partial charge >= 0.3 is 0 Å². The second-order valence-corrected chi connectivity index (χ2v) is 3.91. The molecule has 15 heavy (non-hydrogen) atoms. The van der Waals surface area contributed by atoms with Crippen LogP contribution in [0.3, 0.4) is 0 Å². The van der Waals surface area contributed by atoms with Crippen LogP contribution in [0.2, 0.25) is 0 Å². The fourth-order valence-electron chi connectivity index (χ4n) is 2.27. The average Bonchev–Trinajstić information content (AvgIpc) is 2.42. The summed E-state index contributed by atoms with van der Waals surface area (Å²) in [6.45, 7) is 2.15. The second-order valence-electron chi connectivity index (χ2n) is 3.91. The van der Waals surface area contributed by atoms with Gasteiger partial charge in [0.15, 0.2) is 0 Å². The van der Waals surface area contributed by atoms with Gasteiger partial charge in [-0.3, -0.25) is 0 Å². The Morgan fingerprint density at radius 2 is 2.00 bits per heavy atom. The topological polar surface area (TPSA) is 27.8 Å². The minimum absolute atomic E-state index is 0. The third-order valence-corrected chi connectivity index (χ3v) is 2.98. The highest BCUT2D eigenvalue weighted by Crippen LogP contribution is 2.24. The summed E-state index contributed by atoms with van der Waals surface area (Å²) >= 11 is 0. The van der Waals surface area contributed by atoms with Crippen molar-refractivity contribution in [2.75, 3.05) is 6.54 Å². The zero-order valence-corrected chi connectivity index (χ0v) is 9.36. The van der Waals surface area contributed by atoms with E-state index in [1.807, 2.05) is 0 Å². The SMILES string of the molecule is Cl.c1ccc2c3c([nH]c2c1)CCCNC3. The van der Waals surface area contributed by atoms with E-state index >= 15 is 0 Å². The van der Waals surface area contributed by atoms with Gasteiger partial charge in [0.25, 0.3) is 0 Å². The summed E-state index contributed by atoms with van der Waals surface area (Å²) < 4.78 is 0. The van der Waals surface area contributed by atoms with Crippen molar-refractivity contribution in [3.63, 3.8) is 0 Å². The lowest BCUT2D eigenvalue weighted by Gasteiger charge is -1.98. The van der Waals surface area contributed by atoms with E-state index in [9.17, 15) is 0 Å². The number of halogens is 1. The van der Waals surface area contributed by atoms with Gasteiger partial charge in [-0.2, -0.15) is 0 Å². The van der Waals surface area contributed by atoms with Crippen LogP contribution in [0.5, 0.6) is 0 Å². The quantitative estimate of drug-likeness (QED) is 0.705. The van der Waals surface area contributed by atoms with Crippen molar-refractivity contribution < 1.29 is 0 Å². The van der Waals surface area contributed by atoms with Gasteiger partial charge in [-0.05, 0) is 31.0 Å². The molecular weight excluding hydrogens is 208 g/mol. The van der Waals surface area contributed by atoms with E-state index in [1.165, 1.54) is 35.0 Å². The molecule has 0 saturated heterocycles. The minimum Gasteiger partial charge on any atom is -0.358 e. The molecule has 0 radical (unpaired) electrons. The van der Waals surface area contributed by atoms with Crippen molar-refractivity contribution in [1.29, 1.82) is 0 Å². The number of aromatic nitrogens is 1. The van der Waals surface area contributed by atoms with Crippen LogP contribution in [0.1, 0.15) is 17.7 Å². The number of hydrogen-bond acceptors (Lipinski definition) is 1. The summed E-state index contributed by atoms with van der Waals surface area (Å²) in [7, 11) is 0. The van der Waals surface area contributed by atoms with Gasteiger partial charge in [0.2, 0.25) is 0 Å². The smallest absolute Gasteiger partial charge is 0.0459 e. The number of rotatable bonds is 0. The lowest BCUT2D eigenvalue weighted by atomic mass is 10.1. The van der Waals surface area contributed by atoms with Gasteiger partial charge in [0.1, 0.15) is 0 Å². The van der Waals surface area contributed by atoms with Crippen LogP contribution in [0.4, 0.5) is 0 Å². The molecule has 0 bridgehead atoms. The normalized spacial score (nSPS) is 15.5. The van der Waals surface area contributed by atoms with Crippen LogP contribution < -0.4 is 5.32 Å². The van der Waals surface area contributed by atoms with Gasteiger partial charge in [-0.1, -0.05) is 18.2 Å². The Morgan fingerprint density at radius 3 is 2.93 bits per heavy atom. The van der Waals surface area contributed by atoms with Crippen LogP contribution in [0.25, 0.3) is 10.9 Å². The monoisotopic (exact) mass is 222 g/mol. The van der Waals surface area contributed by atoms with E-state index in [4.69, 9.17) is 0 Å². The van der Waals surface area contributed by atoms with Crippen molar-refractivity contribution in [3.8, 4) is 0 Å². The molecule has 0 amide bonds. The second kappa shape index (κ2) is 4.25. The Kier molecular flexibility index (Phi) is 2.98. The molecule has 2 heterocycles. The minimum atomic E-state index is 0. The Morgan fingerprint density at radius 1 is 1.13 bits per heavy atom. The Hall–Kier alpha value is -0.990. The van der Waals surface area contributed by atoms with Crippen LogP contribution in [0, 0.1) is 0 Å². The number of benzene rings is 1. The van der Waals surface area contributed by atoms with E-state index in [1.54, 1.807) is 0 Å². The molecule has 3 rings (SSSR count). The van der Waals surface area contributed by atoms with Gasteiger partial charge in [-0.15, -0.1) is 12.4 Å². The highest BCUT2D eigenvalue weighted by atomic mass is 35.5. The van der Waals surface area contributed by atoms with E-state index < -0.39 is 0 Å². The summed E-state index contributed by atoms with van der Waals surface area (Å²) in [5.74, 6) is 0. The summed E-state index contributed by atoms with van der Waals surface area (Å²) in [5.41, 5.74) is 4.18. The highest BCUT2D eigenvalue weighted by molar-refractivity contribution is 5.85. The van der Waals surface area contributed by atoms with Crippen molar-refractivity contribution in [3.05, 3.63) is 35.5 Å². The average molecular weight is 223 g/mol. The van der Waals surface area contributed by atoms with Crippen LogP contribution >= 0.6 is 12.4 Å². The first kappa shape index (κ1) is 10.5. The van der Waals surface area contributed by atoms with Crippen molar-refractivity contribution in [1.82, 2.24) is 10.3 Å². The van der Waals surface area contributed by atoms with Crippen LogP contribution in [-0.2, 0) is 13.0 Å². The molecule has 2 aromatic rings. The Balaban J connectivity index is 0.000000853. The van der Waals surface area contributed by atoms with Gasteiger partial charge in [0, 0.05) is 23.1 Å². The summed E-state index contributed by atoms with van der Waals surface area (Å²) in [4.78, 5) is 3.52. The van der Waals surface area contributed by atoms with Crippen LogP contribution in [0.15, 0.2) is 24.3 Å². The third kappa shape index (κ3) is 1.75. The lowest BCUT2D eigenvalue weighted by Crippen LogP contribution is -2.11. The molecule has 1 aliphatic heterocycles. The lowest BCUT2D eigenvalue weighted by molar-refractivity contribution is 0.680. The molecule has 1 aliphatic rings. The maximum absolute atomic E-state index is 3.52. The summed E-state index contributed by atoms with van der Waals surface area (Å²) in [5, 5.41) is 4.85. The molecule has 0 unspecified atom stereocenters. The largest absolute Gasteiger partial charge is 0.358 e. The molecule has 1 aromatic heterocycles. The van der Waals surface area contributed by atoms with E-state index in [0.717, 1.165) is 13.1 Å². The van der Waals surface area contributed by atoms with Gasteiger partial charge in [-0.25, -0.2) is 0 Å². The molecule has 0 spiro atoms. The molecular formula is C12H15ClN2. The predicted octanol–water partition coefficient (Wildman–Crippen LogP) is 2.63. The number of hydrogen-bond donors (Lipinski definition) is 2. The third-order valence-electron chi connectivity index (χ3n) is 2.98. The molecule has 80 valence electrons. The zero-order chi connectivity index (χ0) is 9.38. The maximum Gasteiger partial charge on any atom is 0.0459 e. The standard InChI is InChI=1S/C12H14N2.ClH/c1-2-5-11-9(4-1)10-8-13-7-3-6-12(10)14-11;/h1-2,4-5,13-14H,3,6-8H2;1H. The predicted molar refractivity (Wildman–Crippen MR) is 65.6 cm³/mol. The number of aryl methyl sites for hydroxylation is 1. The van der Waals surface area contributed by atoms with E-state index in [-0.39, 0.29) is 12.4 Å². The first-order valence-electron chi connectivity index (χ1n) is 5.24. The number of aromatic amines is 1. The summed E-state index contributed by atoms with van der Waals surface area (Å²) in [6, 6.07) is 8.56. The Bertz CT molecular complexity index is 462. The number of H-pyrrole nitrogens is 1. The number of fused-ring (bicyclic) bond motifs is 3. The van der Waals surface area contributed by atoms with Crippen molar-refractivity contribution in [2.45, 2.75) is 19.4 Å². The molecule has 0 saturated carbocycles. The Labute approximate surface area is 95.5 Å². The first-order valence-corrected chi connectivity index (χ1v) is 5.24. The van der Waals surface area contributed by atoms with Crippen LogP contribution in [-0.4, -0.2) is 11.5 Å². The van der Waals surface area contributed by atoms with Crippen molar-refractivity contribution >= 4 is 23.3 Å². The maximum atomic E-state index is 3.52. The number of para-hydroxylation sites is 1. The number of nitrogens with one attached hydrogen (secondary N) is 2. The van der Waals surface area contributed by atoms with E-state index in [0.29, 0.717) is 0 Å². The summed E-state index contributed by atoms with van der Waals surface area (Å²) in [6.07, 6.45) is 2.41. The molecule has 0 aliphatic carbocycles. The van der Waals surface area contributed by atoms with Gasteiger partial charge in [0.05, 0.1) is 0 Å². The molecule has 2 nitrogen and oxygen atoms in total. The van der Waals surface area contributed by atoms with E-state index in [2.05, 4.69) is 34.6 Å². The zero-order valence-electron chi connectivity index (χ0n) is 8.55. The fourth-order valence-corrected chi connectivity index (χ4v) is 2.27. The first-order chi connectivity index (χ1) is 6.95. The molecule has 3 heteroatoms. The molecule has 1 aromatic carbocycles. The fraction of sp³-hybridized carbons (Fsp3) is 0.333. The molecule has 0 atom stereocenters. The highest BCUT2D eigenvalue weighted by Gasteiger charge is 2.12. The molecule has 0 fully saturated rings. The molecule has 2 N–H and O–H groups in total. The van der Waals surface area contributed by atoms with Crippen molar-refractivity contribution in [2.24, 2.45) is 0 Å². The van der Waals surface area contributed by atoms with Gasteiger partial charge < -0.3 is 10.3 Å².